The predicted molar refractivity (Wildman–Crippen MR) is 151 cm³/mol. The smallest absolute Gasteiger partial charge is 0.334 e. The third-order valence-electron chi connectivity index (χ3n) is 7.07. The number of halogens is 2. The first kappa shape index (κ1) is 28.8. The first-order chi connectivity index (χ1) is 20.3. The van der Waals surface area contributed by atoms with Crippen molar-refractivity contribution in [1.29, 1.82) is 0 Å². The molecule has 4 aromatic rings. The van der Waals surface area contributed by atoms with Crippen molar-refractivity contribution in [2.45, 2.75) is 12.1 Å². The molecule has 1 atom stereocenters. The zero-order valence-corrected chi connectivity index (χ0v) is 22.9. The molecule has 3 N–H and O–H groups in total. The van der Waals surface area contributed by atoms with Gasteiger partial charge in [0.1, 0.15) is 48.0 Å². The number of anilines is 2. The molecule has 1 aromatic heterocycles. The van der Waals surface area contributed by atoms with Crippen LogP contribution < -0.4 is 25.1 Å². The lowest BCUT2D eigenvalue weighted by Gasteiger charge is -2.41. The van der Waals surface area contributed by atoms with E-state index < -0.39 is 23.3 Å². The van der Waals surface area contributed by atoms with Crippen LogP contribution in [0, 0.1) is 11.6 Å². The quantitative estimate of drug-likeness (QED) is 0.294. The highest BCUT2D eigenvalue weighted by atomic mass is 19.1. The summed E-state index contributed by atoms with van der Waals surface area (Å²) in [5.74, 6) is -0.503. The van der Waals surface area contributed by atoms with Gasteiger partial charge in [-0.15, -0.1) is 0 Å². The van der Waals surface area contributed by atoms with Gasteiger partial charge in [0.15, 0.2) is 0 Å². The van der Waals surface area contributed by atoms with Crippen LogP contribution in [-0.2, 0) is 12.1 Å². The number of urea groups is 1. The summed E-state index contributed by atoms with van der Waals surface area (Å²) in [5, 5.41) is 18.8. The van der Waals surface area contributed by atoms with E-state index in [2.05, 4.69) is 15.0 Å². The first-order valence-corrected chi connectivity index (χ1v) is 13.2. The highest BCUT2D eigenvalue weighted by Crippen LogP contribution is 2.29. The number of carbonyl (C=O) groups excluding carboxylic acids is 1. The molecule has 2 amide bonds. The number of nitrogens with two attached hydrogens (primary N) is 1. The number of piperazine rings is 1. The van der Waals surface area contributed by atoms with Crippen molar-refractivity contribution >= 4 is 17.4 Å². The number of rotatable bonds is 10. The molecule has 1 saturated heterocycles. The molecule has 0 bridgehead atoms. The topological polar surface area (TPSA) is 122 Å². The van der Waals surface area contributed by atoms with Crippen LogP contribution in [0.1, 0.15) is 5.56 Å². The Morgan fingerprint density at radius 3 is 2.31 bits per heavy atom. The van der Waals surface area contributed by atoms with E-state index in [4.69, 9.17) is 15.2 Å². The van der Waals surface area contributed by atoms with Gasteiger partial charge in [0.05, 0.1) is 19.3 Å². The van der Waals surface area contributed by atoms with Gasteiger partial charge in [-0.25, -0.2) is 33.3 Å². The van der Waals surface area contributed by atoms with Crippen LogP contribution in [0.3, 0.4) is 0 Å². The van der Waals surface area contributed by atoms with Crippen LogP contribution in [0.2, 0.25) is 0 Å². The Morgan fingerprint density at radius 1 is 1.02 bits per heavy atom. The molecule has 0 saturated carbocycles. The number of aromatic nitrogens is 3. The van der Waals surface area contributed by atoms with E-state index in [9.17, 15) is 18.7 Å². The largest absolute Gasteiger partial charge is 0.497 e. The van der Waals surface area contributed by atoms with E-state index in [1.54, 1.807) is 43.5 Å². The lowest BCUT2D eigenvalue weighted by Crippen LogP contribution is -2.57. The van der Waals surface area contributed by atoms with E-state index in [-0.39, 0.29) is 18.7 Å². The molecule has 3 aromatic carbocycles. The second kappa shape index (κ2) is 12.4. The highest BCUT2D eigenvalue weighted by Gasteiger charge is 2.35. The number of hydrogen-bond donors (Lipinski definition) is 2. The normalized spacial score (nSPS) is 15.2. The Balaban J connectivity index is 1.22. The lowest BCUT2D eigenvalue weighted by atomic mass is 9.94. The monoisotopic (exact) mass is 579 g/mol. The van der Waals surface area contributed by atoms with Crippen LogP contribution in [0.15, 0.2) is 79.4 Å². The molecule has 1 aliphatic rings. The SMILES string of the molecule is COc1ccc(N(C(N)=O)N2CCN(c3ccc(OCC(O)(Cn4cncn4)c4ccc(F)cc4F)cc3)CC2)cc1. The fraction of sp³-hybridized carbons (Fsp3) is 0.276. The molecule has 0 aliphatic carbocycles. The predicted octanol–water partition coefficient (Wildman–Crippen LogP) is 3.15. The summed E-state index contributed by atoms with van der Waals surface area (Å²) in [5.41, 5.74) is 5.34. The number of benzene rings is 3. The molecule has 1 unspecified atom stereocenters. The average Bonchev–Trinajstić information content (AvgIpc) is 3.50. The number of amides is 2. The Labute approximate surface area is 241 Å². The van der Waals surface area contributed by atoms with Gasteiger partial charge in [-0.3, -0.25) is 0 Å². The van der Waals surface area contributed by atoms with Gasteiger partial charge in [0, 0.05) is 43.5 Å². The minimum Gasteiger partial charge on any atom is -0.497 e. The van der Waals surface area contributed by atoms with Crippen molar-refractivity contribution in [2.24, 2.45) is 5.73 Å². The summed E-state index contributed by atoms with van der Waals surface area (Å²) in [6.45, 7) is 1.93. The number of hydrazine groups is 1. The van der Waals surface area contributed by atoms with E-state index >= 15 is 0 Å². The first-order valence-electron chi connectivity index (χ1n) is 13.2. The fourth-order valence-electron chi connectivity index (χ4n) is 4.92. The Hall–Kier alpha value is -4.75. The maximum Gasteiger partial charge on any atom is 0.334 e. The summed E-state index contributed by atoms with van der Waals surface area (Å²) < 4.78 is 40.6. The number of ether oxygens (including phenoxy) is 2. The number of carbonyl (C=O) groups is 1. The molecule has 13 heteroatoms. The number of primary amides is 1. The summed E-state index contributed by atoms with van der Waals surface area (Å²) in [4.78, 5) is 18.3. The molecule has 2 heterocycles. The molecule has 1 aliphatic heterocycles. The number of aliphatic hydroxyl groups is 1. The average molecular weight is 580 g/mol. The third kappa shape index (κ3) is 6.42. The molecule has 5 rings (SSSR count). The van der Waals surface area contributed by atoms with E-state index in [1.807, 2.05) is 17.1 Å². The van der Waals surface area contributed by atoms with Crippen LogP contribution in [0.4, 0.5) is 25.0 Å². The Kier molecular flexibility index (Phi) is 8.50. The van der Waals surface area contributed by atoms with Crippen LogP contribution in [-0.4, -0.2) is 70.8 Å². The van der Waals surface area contributed by atoms with Gasteiger partial charge < -0.3 is 25.2 Å². The minimum atomic E-state index is -1.85. The second-order valence-electron chi connectivity index (χ2n) is 9.82. The van der Waals surface area contributed by atoms with Crippen LogP contribution in [0.5, 0.6) is 11.5 Å². The van der Waals surface area contributed by atoms with Gasteiger partial charge in [-0.2, -0.15) is 5.10 Å². The summed E-state index contributed by atoms with van der Waals surface area (Å²) in [7, 11) is 1.58. The van der Waals surface area contributed by atoms with Crippen molar-refractivity contribution in [3.63, 3.8) is 0 Å². The van der Waals surface area contributed by atoms with Crippen LogP contribution >= 0.6 is 0 Å². The van der Waals surface area contributed by atoms with Crippen LogP contribution in [0.25, 0.3) is 0 Å². The summed E-state index contributed by atoms with van der Waals surface area (Å²) in [6.07, 6.45) is 2.69. The standard InChI is InChI=1S/C29H31F2N7O4/c1-41-24-7-5-23(6-8-24)38(28(32)39)37-14-12-35(13-15-37)22-3-9-25(10-4-22)42-18-29(40,17-36-20-33-19-34-36)26-11-2-21(30)16-27(26)31/h2-11,16,19-20,40H,12-15,17-18H2,1H3,(H2,32,39). The second-order valence-corrected chi connectivity index (χ2v) is 9.82. The van der Waals surface area contributed by atoms with Gasteiger partial charge in [-0.1, -0.05) is 6.07 Å². The number of methoxy groups -OCH3 is 1. The maximum absolute atomic E-state index is 14.7. The molecular formula is C29H31F2N7O4. The van der Waals surface area contributed by atoms with E-state index in [0.29, 0.717) is 43.4 Å². The van der Waals surface area contributed by atoms with Gasteiger partial charge >= 0.3 is 6.03 Å². The molecule has 220 valence electrons. The molecule has 1 fully saturated rings. The van der Waals surface area contributed by atoms with Gasteiger partial charge in [0.2, 0.25) is 0 Å². The minimum absolute atomic E-state index is 0.117. The molecule has 11 nitrogen and oxygen atoms in total. The number of nitrogens with zero attached hydrogens (tertiary/aromatic N) is 6. The lowest BCUT2D eigenvalue weighted by molar-refractivity contribution is -0.0297. The highest BCUT2D eigenvalue weighted by molar-refractivity contribution is 5.89. The Morgan fingerprint density at radius 2 is 1.71 bits per heavy atom. The van der Waals surface area contributed by atoms with Crippen molar-refractivity contribution in [1.82, 2.24) is 19.8 Å². The zero-order chi connectivity index (χ0) is 29.7. The van der Waals surface area contributed by atoms with Gasteiger partial charge in [0.25, 0.3) is 0 Å². The summed E-state index contributed by atoms with van der Waals surface area (Å²) >= 11 is 0. The zero-order valence-electron chi connectivity index (χ0n) is 22.9. The number of hydrogen-bond acceptors (Lipinski definition) is 8. The summed E-state index contributed by atoms with van der Waals surface area (Å²) in [6, 6.07) is 16.8. The van der Waals surface area contributed by atoms with E-state index in [1.165, 1.54) is 28.4 Å². The van der Waals surface area contributed by atoms with Crippen molar-refractivity contribution in [2.75, 3.05) is 49.8 Å². The van der Waals surface area contributed by atoms with Crippen molar-refractivity contribution < 1.29 is 28.2 Å². The molecular weight excluding hydrogens is 548 g/mol. The van der Waals surface area contributed by atoms with Gasteiger partial charge in [-0.05, 0) is 54.6 Å². The maximum atomic E-state index is 14.7. The van der Waals surface area contributed by atoms with Crippen molar-refractivity contribution in [3.05, 3.63) is 96.6 Å². The van der Waals surface area contributed by atoms with E-state index in [0.717, 1.165) is 17.8 Å². The molecule has 0 spiro atoms. The Bertz CT molecular complexity index is 1480. The fourth-order valence-corrected chi connectivity index (χ4v) is 4.92. The molecule has 0 radical (unpaired) electrons. The molecule has 42 heavy (non-hydrogen) atoms. The van der Waals surface area contributed by atoms with Crippen molar-refractivity contribution in [3.8, 4) is 11.5 Å². The third-order valence-corrected chi connectivity index (χ3v) is 7.07.